The van der Waals surface area contributed by atoms with E-state index >= 15 is 0 Å². The molecule has 1 saturated heterocycles. The zero-order valence-electron chi connectivity index (χ0n) is 15.4. The molecule has 7 nitrogen and oxygen atoms in total. The van der Waals surface area contributed by atoms with Crippen LogP contribution in [-0.4, -0.2) is 53.4 Å². The molecule has 2 N–H and O–H groups in total. The number of aromatic nitrogens is 1. The molecular formula is C20H24N4O3. The Balaban J connectivity index is 1.57. The number of piperidine rings is 1. The standard InChI is InChI=1S/C20H24N4O3/c1-14-16(5-3-9-21-14)22-17-4-2-6-18-19(17)27-13-12-24(18)15-7-10-23(11-8-15)20(25)26/h2-6,9,15,22H,7-8,10-13H2,1H3,(H,25,26). The van der Waals surface area contributed by atoms with Gasteiger partial charge in [-0.2, -0.15) is 0 Å². The van der Waals surface area contributed by atoms with E-state index in [0.717, 1.165) is 47.9 Å². The van der Waals surface area contributed by atoms with Crippen molar-refractivity contribution in [1.29, 1.82) is 0 Å². The second-order valence-electron chi connectivity index (χ2n) is 6.96. The van der Waals surface area contributed by atoms with Crippen molar-refractivity contribution in [3.05, 3.63) is 42.2 Å². The van der Waals surface area contributed by atoms with E-state index in [1.54, 1.807) is 6.20 Å². The lowest BCUT2D eigenvalue weighted by Crippen LogP contribution is -2.48. The second kappa shape index (κ2) is 7.34. The van der Waals surface area contributed by atoms with Crippen LogP contribution in [-0.2, 0) is 0 Å². The molecule has 0 unspecified atom stereocenters. The monoisotopic (exact) mass is 368 g/mol. The minimum absolute atomic E-state index is 0.332. The molecule has 2 aromatic rings. The third-order valence-corrected chi connectivity index (χ3v) is 5.33. The van der Waals surface area contributed by atoms with E-state index < -0.39 is 6.09 Å². The van der Waals surface area contributed by atoms with Crippen molar-refractivity contribution in [1.82, 2.24) is 9.88 Å². The van der Waals surface area contributed by atoms with Crippen LogP contribution in [0.15, 0.2) is 36.5 Å². The summed E-state index contributed by atoms with van der Waals surface area (Å²) < 4.78 is 6.02. The van der Waals surface area contributed by atoms with Gasteiger partial charge in [0.1, 0.15) is 6.61 Å². The Morgan fingerprint density at radius 1 is 1.19 bits per heavy atom. The van der Waals surface area contributed by atoms with Gasteiger partial charge < -0.3 is 25.0 Å². The summed E-state index contributed by atoms with van der Waals surface area (Å²) in [5.41, 5.74) is 3.89. The van der Waals surface area contributed by atoms with Gasteiger partial charge in [-0.1, -0.05) is 6.07 Å². The molecule has 7 heteroatoms. The summed E-state index contributed by atoms with van der Waals surface area (Å²) in [5, 5.41) is 12.6. The first-order valence-electron chi connectivity index (χ1n) is 9.32. The summed E-state index contributed by atoms with van der Waals surface area (Å²) in [6, 6.07) is 10.4. The number of ether oxygens (including phenoxy) is 1. The Labute approximate surface area is 158 Å². The Hall–Kier alpha value is -2.96. The molecule has 0 bridgehead atoms. The minimum atomic E-state index is -0.825. The highest BCUT2D eigenvalue weighted by molar-refractivity contribution is 5.77. The molecule has 142 valence electrons. The SMILES string of the molecule is Cc1ncccc1Nc1cccc2c1OCCN2C1CCN(C(=O)O)CC1. The van der Waals surface area contributed by atoms with E-state index in [1.165, 1.54) is 4.90 Å². The number of nitrogens with zero attached hydrogens (tertiary/aromatic N) is 3. The maximum atomic E-state index is 11.2. The number of anilines is 3. The smallest absolute Gasteiger partial charge is 0.407 e. The molecule has 0 atom stereocenters. The molecule has 3 heterocycles. The minimum Gasteiger partial charge on any atom is -0.487 e. The molecule has 1 aromatic carbocycles. The van der Waals surface area contributed by atoms with Gasteiger partial charge in [-0.15, -0.1) is 0 Å². The Morgan fingerprint density at radius 2 is 1.96 bits per heavy atom. The first kappa shape index (κ1) is 17.5. The number of rotatable bonds is 3. The number of hydrogen-bond acceptors (Lipinski definition) is 5. The molecule has 0 aliphatic carbocycles. The van der Waals surface area contributed by atoms with E-state index in [1.807, 2.05) is 31.2 Å². The quantitative estimate of drug-likeness (QED) is 0.864. The van der Waals surface area contributed by atoms with Crippen molar-refractivity contribution in [3.8, 4) is 5.75 Å². The third kappa shape index (κ3) is 3.49. The number of likely N-dealkylation sites (tertiary alicyclic amines) is 1. The maximum Gasteiger partial charge on any atom is 0.407 e. The number of nitrogens with one attached hydrogen (secondary N) is 1. The van der Waals surface area contributed by atoms with Gasteiger partial charge in [0.05, 0.1) is 29.3 Å². The molecule has 0 saturated carbocycles. The lowest BCUT2D eigenvalue weighted by molar-refractivity contribution is 0.130. The van der Waals surface area contributed by atoms with Crippen molar-refractivity contribution < 1.29 is 14.6 Å². The number of carbonyl (C=O) groups is 1. The number of para-hydroxylation sites is 1. The van der Waals surface area contributed by atoms with Gasteiger partial charge in [-0.05, 0) is 44.0 Å². The van der Waals surface area contributed by atoms with Crippen LogP contribution in [0, 0.1) is 6.92 Å². The molecule has 0 spiro atoms. The van der Waals surface area contributed by atoms with Crippen molar-refractivity contribution in [3.63, 3.8) is 0 Å². The molecule has 2 aliphatic rings. The van der Waals surface area contributed by atoms with Crippen LogP contribution < -0.4 is 15.0 Å². The largest absolute Gasteiger partial charge is 0.487 e. The fourth-order valence-corrected chi connectivity index (χ4v) is 3.88. The average Bonchev–Trinajstić information content (AvgIpc) is 2.69. The Bertz CT molecular complexity index is 834. The van der Waals surface area contributed by atoms with Gasteiger partial charge in [0.15, 0.2) is 5.75 Å². The zero-order chi connectivity index (χ0) is 18.8. The third-order valence-electron chi connectivity index (χ3n) is 5.33. The molecule has 27 heavy (non-hydrogen) atoms. The van der Waals surface area contributed by atoms with Crippen LogP contribution in [0.5, 0.6) is 5.75 Å². The highest BCUT2D eigenvalue weighted by Crippen LogP contribution is 2.41. The van der Waals surface area contributed by atoms with Crippen LogP contribution in [0.3, 0.4) is 0 Å². The molecule has 1 fully saturated rings. The lowest BCUT2D eigenvalue weighted by Gasteiger charge is -2.41. The van der Waals surface area contributed by atoms with Crippen LogP contribution in [0.25, 0.3) is 0 Å². The average molecular weight is 368 g/mol. The van der Waals surface area contributed by atoms with Crippen LogP contribution in [0.2, 0.25) is 0 Å². The first-order chi connectivity index (χ1) is 13.1. The Kier molecular flexibility index (Phi) is 4.75. The second-order valence-corrected chi connectivity index (χ2v) is 6.96. The maximum absolute atomic E-state index is 11.2. The van der Waals surface area contributed by atoms with Crippen LogP contribution >= 0.6 is 0 Å². The van der Waals surface area contributed by atoms with Gasteiger partial charge in [0.25, 0.3) is 0 Å². The summed E-state index contributed by atoms with van der Waals surface area (Å²) >= 11 is 0. The van der Waals surface area contributed by atoms with E-state index in [9.17, 15) is 9.90 Å². The van der Waals surface area contributed by atoms with Gasteiger partial charge in [-0.3, -0.25) is 4.98 Å². The van der Waals surface area contributed by atoms with E-state index in [0.29, 0.717) is 25.7 Å². The predicted octanol–water partition coefficient (Wildman–Crippen LogP) is 3.47. The number of pyridine rings is 1. The summed E-state index contributed by atoms with van der Waals surface area (Å²) in [5.74, 6) is 0.854. The first-order valence-corrected chi connectivity index (χ1v) is 9.32. The summed E-state index contributed by atoms with van der Waals surface area (Å²) in [7, 11) is 0. The molecule has 1 aromatic heterocycles. The number of hydrogen-bond donors (Lipinski definition) is 2. The van der Waals surface area contributed by atoms with E-state index in [4.69, 9.17) is 4.74 Å². The summed E-state index contributed by atoms with van der Waals surface area (Å²) in [4.78, 5) is 19.4. The number of aryl methyl sites for hydroxylation is 1. The predicted molar refractivity (Wildman–Crippen MR) is 104 cm³/mol. The van der Waals surface area contributed by atoms with Crippen molar-refractivity contribution in [2.45, 2.75) is 25.8 Å². The zero-order valence-corrected chi connectivity index (χ0v) is 15.4. The van der Waals surface area contributed by atoms with Crippen LogP contribution in [0.1, 0.15) is 18.5 Å². The van der Waals surface area contributed by atoms with E-state index in [-0.39, 0.29) is 0 Å². The van der Waals surface area contributed by atoms with Gasteiger partial charge in [0, 0.05) is 25.3 Å². The highest BCUT2D eigenvalue weighted by atomic mass is 16.5. The van der Waals surface area contributed by atoms with Gasteiger partial charge in [0.2, 0.25) is 0 Å². The van der Waals surface area contributed by atoms with Crippen molar-refractivity contribution in [2.75, 3.05) is 36.5 Å². The van der Waals surface area contributed by atoms with Crippen molar-refractivity contribution >= 4 is 23.2 Å². The number of amides is 1. The lowest BCUT2D eigenvalue weighted by atomic mass is 10.0. The summed E-state index contributed by atoms with van der Waals surface area (Å²) in [6.07, 6.45) is 2.63. The van der Waals surface area contributed by atoms with Gasteiger partial charge >= 0.3 is 6.09 Å². The number of fused-ring (bicyclic) bond motifs is 1. The molecule has 0 radical (unpaired) electrons. The van der Waals surface area contributed by atoms with Crippen molar-refractivity contribution in [2.24, 2.45) is 0 Å². The molecule has 2 aliphatic heterocycles. The molecule has 4 rings (SSSR count). The molecular weight excluding hydrogens is 344 g/mol. The number of carboxylic acid groups (broad SMARTS) is 1. The topological polar surface area (TPSA) is 77.9 Å². The van der Waals surface area contributed by atoms with Crippen LogP contribution in [0.4, 0.5) is 21.9 Å². The Morgan fingerprint density at radius 3 is 2.70 bits per heavy atom. The fraction of sp³-hybridized carbons (Fsp3) is 0.400. The molecule has 1 amide bonds. The normalized spacial score (nSPS) is 17.2. The number of benzene rings is 1. The summed E-state index contributed by atoms with van der Waals surface area (Å²) in [6.45, 7) is 4.58. The fourth-order valence-electron chi connectivity index (χ4n) is 3.88. The highest BCUT2D eigenvalue weighted by Gasteiger charge is 2.31. The van der Waals surface area contributed by atoms with E-state index in [2.05, 4.69) is 21.3 Å². The van der Waals surface area contributed by atoms with Gasteiger partial charge in [-0.25, -0.2) is 4.79 Å².